The summed E-state index contributed by atoms with van der Waals surface area (Å²) in [6.45, 7) is 4.66. The average Bonchev–Trinajstić information content (AvgIpc) is 3.18. The molecule has 1 fully saturated rings. The molecule has 1 atom stereocenters. The van der Waals surface area contributed by atoms with E-state index in [0.717, 1.165) is 44.9 Å². The Morgan fingerprint density at radius 3 is 3.22 bits per heavy atom. The zero-order chi connectivity index (χ0) is 15.5. The van der Waals surface area contributed by atoms with Crippen LogP contribution < -0.4 is 0 Å². The van der Waals surface area contributed by atoms with Gasteiger partial charge in [0, 0.05) is 36.1 Å². The number of fused-ring (bicyclic) bond motifs is 1. The Balaban J connectivity index is 1.48. The van der Waals surface area contributed by atoms with Gasteiger partial charge in [-0.15, -0.1) is 11.3 Å². The fourth-order valence-corrected chi connectivity index (χ4v) is 3.94. The maximum atomic E-state index is 5.84. The van der Waals surface area contributed by atoms with Gasteiger partial charge in [-0.2, -0.15) is 0 Å². The predicted octanol–water partition coefficient (Wildman–Crippen LogP) is 3.58. The minimum absolute atomic E-state index is 0.505. The molecule has 0 N–H and O–H groups in total. The molecular weight excluding hydrogens is 308 g/mol. The summed E-state index contributed by atoms with van der Waals surface area (Å²) in [5.74, 6) is 0.505. The van der Waals surface area contributed by atoms with Crippen LogP contribution in [0.1, 0.15) is 10.4 Å². The molecule has 5 heteroatoms. The third-order valence-electron chi connectivity index (χ3n) is 4.38. The Morgan fingerprint density at radius 2 is 2.30 bits per heavy atom. The topological polar surface area (TPSA) is 38.5 Å². The van der Waals surface area contributed by atoms with Crippen molar-refractivity contribution >= 4 is 22.3 Å². The normalized spacial score (nSPS) is 19.9. The summed E-state index contributed by atoms with van der Waals surface area (Å²) in [4.78, 5) is 7.98. The van der Waals surface area contributed by atoms with E-state index in [4.69, 9.17) is 9.15 Å². The second-order valence-electron chi connectivity index (χ2n) is 6.10. The highest BCUT2D eigenvalue weighted by atomic mass is 32.1. The molecule has 0 unspecified atom stereocenters. The van der Waals surface area contributed by atoms with Crippen molar-refractivity contribution in [3.63, 3.8) is 0 Å². The van der Waals surface area contributed by atoms with Gasteiger partial charge in [0.05, 0.1) is 25.0 Å². The molecule has 3 aromatic rings. The molecule has 1 aromatic carbocycles. The fraction of sp³-hybridized carbons (Fsp3) is 0.389. The van der Waals surface area contributed by atoms with Gasteiger partial charge in [-0.25, -0.2) is 0 Å². The van der Waals surface area contributed by atoms with E-state index in [0.29, 0.717) is 5.92 Å². The second kappa shape index (κ2) is 6.83. The van der Waals surface area contributed by atoms with Gasteiger partial charge in [0.25, 0.3) is 0 Å². The largest absolute Gasteiger partial charge is 0.464 e. The van der Waals surface area contributed by atoms with Crippen LogP contribution in [-0.4, -0.2) is 36.2 Å². The van der Waals surface area contributed by atoms with Crippen molar-refractivity contribution in [1.29, 1.82) is 0 Å². The number of aromatic nitrogens is 1. The van der Waals surface area contributed by atoms with Crippen LogP contribution in [0.2, 0.25) is 0 Å². The van der Waals surface area contributed by atoms with Crippen LogP contribution in [0.25, 0.3) is 11.0 Å². The standard InChI is InChI=1S/C18H20N2O2S/c1-2-15(17-4-6-22-18(17)3-1)8-14-10-20(5-7-21-12-14)11-16-9-19-13-23-16/h1-4,6,9,13-14H,5,7-8,10-12H2/t14-/m1/s1. The number of hydrogen-bond donors (Lipinski definition) is 0. The molecule has 23 heavy (non-hydrogen) atoms. The number of rotatable bonds is 4. The van der Waals surface area contributed by atoms with Crippen molar-refractivity contribution in [3.8, 4) is 0 Å². The maximum Gasteiger partial charge on any atom is 0.134 e. The molecule has 2 aromatic heterocycles. The van der Waals surface area contributed by atoms with Gasteiger partial charge >= 0.3 is 0 Å². The van der Waals surface area contributed by atoms with Crippen molar-refractivity contribution in [2.75, 3.05) is 26.3 Å². The highest BCUT2D eigenvalue weighted by Gasteiger charge is 2.20. The lowest BCUT2D eigenvalue weighted by molar-refractivity contribution is 0.122. The van der Waals surface area contributed by atoms with E-state index in [2.05, 4.69) is 28.1 Å². The first kappa shape index (κ1) is 14.9. The van der Waals surface area contributed by atoms with Crippen molar-refractivity contribution in [1.82, 2.24) is 9.88 Å². The van der Waals surface area contributed by atoms with Gasteiger partial charge in [-0.1, -0.05) is 12.1 Å². The minimum atomic E-state index is 0.505. The van der Waals surface area contributed by atoms with Gasteiger partial charge < -0.3 is 9.15 Å². The lowest BCUT2D eigenvalue weighted by atomic mass is 9.97. The summed E-state index contributed by atoms with van der Waals surface area (Å²) in [5, 5.41) is 1.23. The molecule has 0 aliphatic carbocycles. The first-order chi connectivity index (χ1) is 11.4. The minimum Gasteiger partial charge on any atom is -0.464 e. The van der Waals surface area contributed by atoms with Crippen LogP contribution in [0.4, 0.5) is 0 Å². The molecule has 120 valence electrons. The van der Waals surface area contributed by atoms with Crippen molar-refractivity contribution in [3.05, 3.63) is 52.7 Å². The van der Waals surface area contributed by atoms with Gasteiger partial charge in [-0.3, -0.25) is 9.88 Å². The van der Waals surface area contributed by atoms with Gasteiger partial charge in [-0.05, 0) is 30.0 Å². The Labute approximate surface area is 139 Å². The third kappa shape index (κ3) is 3.47. The molecule has 1 saturated heterocycles. The molecule has 1 aliphatic heterocycles. The fourth-order valence-electron chi connectivity index (χ4n) is 3.31. The van der Waals surface area contributed by atoms with Crippen LogP contribution in [0, 0.1) is 5.92 Å². The molecule has 3 heterocycles. The first-order valence-corrected chi connectivity index (χ1v) is 8.89. The summed E-state index contributed by atoms with van der Waals surface area (Å²) in [5.41, 5.74) is 4.23. The SMILES string of the molecule is c1cc(C[C@H]2COCCN(Cc3cncs3)C2)c2ccoc2c1. The monoisotopic (exact) mass is 328 g/mol. The van der Waals surface area contributed by atoms with E-state index >= 15 is 0 Å². The van der Waals surface area contributed by atoms with Crippen LogP contribution in [0.15, 0.2) is 46.7 Å². The van der Waals surface area contributed by atoms with Crippen LogP contribution in [0.5, 0.6) is 0 Å². The summed E-state index contributed by atoms with van der Waals surface area (Å²) in [7, 11) is 0. The molecule has 0 spiro atoms. The van der Waals surface area contributed by atoms with E-state index in [-0.39, 0.29) is 0 Å². The summed E-state index contributed by atoms with van der Waals surface area (Å²) in [6.07, 6.45) is 4.77. The lowest BCUT2D eigenvalue weighted by Crippen LogP contribution is -2.30. The average molecular weight is 328 g/mol. The van der Waals surface area contributed by atoms with Gasteiger partial charge in [0.1, 0.15) is 5.58 Å². The Hall–Kier alpha value is -1.69. The maximum absolute atomic E-state index is 5.84. The molecule has 4 nitrogen and oxygen atoms in total. The number of furan rings is 1. The number of hydrogen-bond acceptors (Lipinski definition) is 5. The van der Waals surface area contributed by atoms with Crippen LogP contribution in [0.3, 0.4) is 0 Å². The van der Waals surface area contributed by atoms with Gasteiger partial charge in [0.15, 0.2) is 0 Å². The molecule has 0 amide bonds. The molecule has 0 saturated carbocycles. The number of thiazole rings is 1. The third-order valence-corrected chi connectivity index (χ3v) is 5.14. The summed E-state index contributed by atoms with van der Waals surface area (Å²) in [6, 6.07) is 8.37. The lowest BCUT2D eigenvalue weighted by Gasteiger charge is -2.22. The Morgan fingerprint density at radius 1 is 1.30 bits per heavy atom. The van der Waals surface area contributed by atoms with Crippen molar-refractivity contribution in [2.45, 2.75) is 13.0 Å². The highest BCUT2D eigenvalue weighted by molar-refractivity contribution is 7.09. The van der Waals surface area contributed by atoms with E-state index in [1.807, 2.05) is 17.8 Å². The Bertz CT molecular complexity index is 753. The predicted molar refractivity (Wildman–Crippen MR) is 91.6 cm³/mol. The van der Waals surface area contributed by atoms with E-state index < -0.39 is 0 Å². The van der Waals surface area contributed by atoms with E-state index in [1.165, 1.54) is 15.8 Å². The molecule has 0 radical (unpaired) electrons. The van der Waals surface area contributed by atoms with Crippen molar-refractivity contribution < 1.29 is 9.15 Å². The van der Waals surface area contributed by atoms with E-state index in [1.54, 1.807) is 17.6 Å². The summed E-state index contributed by atoms with van der Waals surface area (Å²) < 4.78 is 11.4. The zero-order valence-corrected chi connectivity index (χ0v) is 13.8. The smallest absolute Gasteiger partial charge is 0.134 e. The first-order valence-electron chi connectivity index (χ1n) is 8.01. The molecule has 1 aliphatic rings. The molecular formula is C18H20N2O2S. The zero-order valence-electron chi connectivity index (χ0n) is 13.0. The number of ether oxygens (including phenoxy) is 1. The van der Waals surface area contributed by atoms with Crippen molar-refractivity contribution in [2.24, 2.45) is 5.92 Å². The van der Waals surface area contributed by atoms with Crippen LogP contribution >= 0.6 is 11.3 Å². The highest BCUT2D eigenvalue weighted by Crippen LogP contribution is 2.24. The number of nitrogens with zero attached hydrogens (tertiary/aromatic N) is 2. The van der Waals surface area contributed by atoms with Gasteiger partial charge in [0.2, 0.25) is 0 Å². The second-order valence-corrected chi connectivity index (χ2v) is 7.07. The molecule has 4 rings (SSSR count). The van der Waals surface area contributed by atoms with Crippen LogP contribution in [-0.2, 0) is 17.7 Å². The van der Waals surface area contributed by atoms with E-state index in [9.17, 15) is 0 Å². The molecule has 0 bridgehead atoms. The Kier molecular flexibility index (Phi) is 4.41. The number of benzene rings is 1. The quantitative estimate of drug-likeness (QED) is 0.734. The summed E-state index contributed by atoms with van der Waals surface area (Å²) >= 11 is 1.73.